The number of Topliss-reactive ketones (excluding diaryl/α,β-unsaturated/α-hetero) is 2. The van der Waals surface area contributed by atoms with E-state index in [0.29, 0.717) is 32.2 Å². The Morgan fingerprint density at radius 2 is 1.71 bits per heavy atom. The molecule has 1 aromatic heterocycles. The highest BCUT2D eigenvalue weighted by Crippen LogP contribution is 2.46. The van der Waals surface area contributed by atoms with Gasteiger partial charge in [0, 0.05) is 24.9 Å². The van der Waals surface area contributed by atoms with Gasteiger partial charge in [-0.3, -0.25) is 14.2 Å². The van der Waals surface area contributed by atoms with E-state index < -0.39 is 11.3 Å². The van der Waals surface area contributed by atoms with E-state index in [1.165, 1.54) is 6.26 Å². The Balaban J connectivity index is 1.66. The number of aromatic nitrogens is 1. The molecule has 0 N–H and O–H groups in total. The number of aryl methyl sites for hydroxylation is 2. The molecule has 1 aliphatic heterocycles. The lowest BCUT2D eigenvalue weighted by Crippen LogP contribution is -2.44. The summed E-state index contributed by atoms with van der Waals surface area (Å²) in [5.41, 5.74) is 4.00. The third-order valence-electron chi connectivity index (χ3n) is 6.18. The van der Waals surface area contributed by atoms with Gasteiger partial charge in [0.15, 0.2) is 0 Å². The maximum absolute atomic E-state index is 13.2. The molecule has 1 aromatic carbocycles. The number of benzene rings is 1. The minimum Gasteiger partial charge on any atom is -0.416 e. The van der Waals surface area contributed by atoms with E-state index >= 15 is 0 Å². The van der Waals surface area contributed by atoms with Crippen molar-refractivity contribution in [2.45, 2.75) is 58.9 Å². The first-order valence-corrected chi connectivity index (χ1v) is 9.60. The number of ketones is 2. The predicted molar refractivity (Wildman–Crippen MR) is 104 cm³/mol. The normalized spacial score (nSPS) is 24.0. The van der Waals surface area contributed by atoms with Gasteiger partial charge in [-0.1, -0.05) is 5.92 Å². The van der Waals surface area contributed by atoms with Gasteiger partial charge in [-0.15, -0.1) is 5.92 Å². The number of carbonyl (C=O) groups is 2. The number of hydrogen-bond donors (Lipinski definition) is 0. The Bertz CT molecular complexity index is 1060. The Morgan fingerprint density at radius 3 is 2.32 bits per heavy atom. The first-order chi connectivity index (χ1) is 13.3. The molecular weight excluding hydrogens is 354 g/mol. The van der Waals surface area contributed by atoms with Crippen molar-refractivity contribution in [1.82, 2.24) is 4.57 Å². The number of rotatable bonds is 1. The fraction of sp³-hybridized carbons (Fsp3) is 0.435. The molecule has 1 saturated carbocycles. The van der Waals surface area contributed by atoms with Gasteiger partial charge < -0.3 is 4.42 Å². The third kappa shape index (κ3) is 2.93. The lowest BCUT2D eigenvalue weighted by Gasteiger charge is -2.41. The molecule has 0 amide bonds. The summed E-state index contributed by atoms with van der Waals surface area (Å²) in [6.07, 6.45) is 3.36. The number of nitrogens with zero attached hydrogens (tertiary/aromatic N) is 1. The Labute approximate surface area is 163 Å². The first kappa shape index (κ1) is 18.5. The third-order valence-corrected chi connectivity index (χ3v) is 6.18. The van der Waals surface area contributed by atoms with Crippen LogP contribution in [-0.2, 0) is 22.6 Å². The highest BCUT2D eigenvalue weighted by Gasteiger charge is 2.48. The molecule has 2 aromatic rings. The van der Waals surface area contributed by atoms with Crippen LogP contribution in [0.3, 0.4) is 0 Å². The molecule has 5 heteroatoms. The average molecular weight is 377 g/mol. The van der Waals surface area contributed by atoms with Crippen molar-refractivity contribution >= 4 is 11.6 Å². The van der Waals surface area contributed by atoms with Crippen LogP contribution in [0.1, 0.15) is 60.1 Å². The lowest BCUT2D eigenvalue weighted by molar-refractivity contribution is -0.137. The van der Waals surface area contributed by atoms with Crippen LogP contribution < -0.4 is 5.76 Å². The SMILES string of the molecule is CC#Cc1cc(C)c(C2C(=O)CC3(CCn4c(coc4=O)C3)CC2=O)c(C)c1. The van der Waals surface area contributed by atoms with Crippen LogP contribution in [0.5, 0.6) is 0 Å². The predicted octanol–water partition coefficient (Wildman–Crippen LogP) is 3.08. The number of hydrogen-bond acceptors (Lipinski definition) is 4. The zero-order valence-corrected chi connectivity index (χ0v) is 16.4. The number of carbonyl (C=O) groups excluding carboxylic acids is 2. The molecule has 2 heterocycles. The van der Waals surface area contributed by atoms with Gasteiger partial charge in [-0.25, -0.2) is 4.79 Å². The van der Waals surface area contributed by atoms with Gasteiger partial charge in [-0.05, 0) is 67.9 Å². The molecule has 0 unspecified atom stereocenters. The van der Waals surface area contributed by atoms with E-state index in [-0.39, 0.29) is 17.3 Å². The van der Waals surface area contributed by atoms with Crippen molar-refractivity contribution < 1.29 is 14.0 Å². The zero-order chi connectivity index (χ0) is 20.1. The van der Waals surface area contributed by atoms with Gasteiger partial charge in [-0.2, -0.15) is 0 Å². The summed E-state index contributed by atoms with van der Waals surface area (Å²) in [6.45, 7) is 6.17. The summed E-state index contributed by atoms with van der Waals surface area (Å²) in [5.74, 6) is 4.84. The Kier molecular flexibility index (Phi) is 4.38. The standard InChI is InChI=1S/C23H23NO4/c1-4-5-16-8-14(2)20(15(3)9-16)21-18(25)11-23(12-19(21)26)6-7-24-17(10-23)13-28-22(24)27/h8-9,13,21H,6-7,10-12H2,1-3H3. The van der Waals surface area contributed by atoms with Crippen LogP contribution >= 0.6 is 0 Å². The molecule has 144 valence electrons. The Morgan fingerprint density at radius 1 is 1.07 bits per heavy atom. The van der Waals surface area contributed by atoms with Gasteiger partial charge in [0.1, 0.15) is 23.7 Å². The van der Waals surface area contributed by atoms with Crippen molar-refractivity contribution in [2.24, 2.45) is 5.41 Å². The maximum Gasteiger partial charge on any atom is 0.419 e. The number of fused-ring (bicyclic) bond motifs is 1. The molecule has 0 saturated heterocycles. The van der Waals surface area contributed by atoms with Crippen molar-refractivity contribution in [3.8, 4) is 11.8 Å². The number of oxazole rings is 1. The highest BCUT2D eigenvalue weighted by atomic mass is 16.4. The molecule has 1 fully saturated rings. The lowest BCUT2D eigenvalue weighted by atomic mass is 9.62. The summed E-state index contributed by atoms with van der Waals surface area (Å²) >= 11 is 0. The summed E-state index contributed by atoms with van der Waals surface area (Å²) in [7, 11) is 0. The van der Waals surface area contributed by atoms with E-state index in [1.807, 2.05) is 26.0 Å². The maximum atomic E-state index is 13.2. The first-order valence-electron chi connectivity index (χ1n) is 9.60. The topological polar surface area (TPSA) is 69.3 Å². The molecule has 1 spiro atoms. The van der Waals surface area contributed by atoms with Crippen LogP contribution in [0.4, 0.5) is 0 Å². The molecule has 1 aliphatic carbocycles. The molecule has 28 heavy (non-hydrogen) atoms. The van der Waals surface area contributed by atoms with E-state index in [0.717, 1.165) is 27.9 Å². The van der Waals surface area contributed by atoms with Gasteiger partial charge in [0.2, 0.25) is 0 Å². The molecule has 2 aliphatic rings. The summed E-state index contributed by atoms with van der Waals surface area (Å²) < 4.78 is 6.59. The van der Waals surface area contributed by atoms with Crippen LogP contribution in [0, 0.1) is 31.1 Å². The van der Waals surface area contributed by atoms with E-state index in [1.54, 1.807) is 11.5 Å². The molecule has 5 nitrogen and oxygen atoms in total. The van der Waals surface area contributed by atoms with Crippen molar-refractivity contribution in [3.63, 3.8) is 0 Å². The van der Waals surface area contributed by atoms with E-state index in [4.69, 9.17) is 4.42 Å². The van der Waals surface area contributed by atoms with Crippen LogP contribution in [0.2, 0.25) is 0 Å². The van der Waals surface area contributed by atoms with Gasteiger partial charge >= 0.3 is 5.76 Å². The average Bonchev–Trinajstić information content (AvgIpc) is 2.97. The quantitative estimate of drug-likeness (QED) is 0.566. The smallest absolute Gasteiger partial charge is 0.416 e. The van der Waals surface area contributed by atoms with E-state index in [9.17, 15) is 14.4 Å². The van der Waals surface area contributed by atoms with Crippen LogP contribution in [0.15, 0.2) is 27.6 Å². The summed E-state index contributed by atoms with van der Waals surface area (Å²) in [6, 6.07) is 3.91. The summed E-state index contributed by atoms with van der Waals surface area (Å²) in [5, 5.41) is 0. The minimum absolute atomic E-state index is 0.0175. The zero-order valence-electron chi connectivity index (χ0n) is 16.4. The highest BCUT2D eigenvalue weighted by molar-refractivity contribution is 6.10. The van der Waals surface area contributed by atoms with Crippen LogP contribution in [0.25, 0.3) is 0 Å². The molecule has 0 bridgehead atoms. The molecular formula is C23H23NO4. The Hall–Kier alpha value is -2.87. The van der Waals surface area contributed by atoms with Crippen LogP contribution in [-0.4, -0.2) is 16.1 Å². The fourth-order valence-corrected chi connectivity index (χ4v) is 5.01. The van der Waals surface area contributed by atoms with Gasteiger partial charge in [0.25, 0.3) is 0 Å². The van der Waals surface area contributed by atoms with Crippen molar-refractivity contribution in [2.75, 3.05) is 0 Å². The monoisotopic (exact) mass is 377 g/mol. The second kappa shape index (κ2) is 6.63. The van der Waals surface area contributed by atoms with Crippen molar-refractivity contribution in [3.05, 3.63) is 56.9 Å². The fourth-order valence-electron chi connectivity index (χ4n) is 5.01. The molecule has 0 radical (unpaired) electrons. The summed E-state index contributed by atoms with van der Waals surface area (Å²) in [4.78, 5) is 38.0. The van der Waals surface area contributed by atoms with Crippen molar-refractivity contribution in [1.29, 1.82) is 0 Å². The second-order valence-electron chi connectivity index (χ2n) is 8.19. The molecule has 4 rings (SSSR count). The molecule has 0 atom stereocenters. The van der Waals surface area contributed by atoms with Gasteiger partial charge in [0.05, 0.1) is 5.69 Å². The largest absolute Gasteiger partial charge is 0.419 e. The minimum atomic E-state index is -0.692. The van der Waals surface area contributed by atoms with E-state index in [2.05, 4.69) is 11.8 Å². The second-order valence-corrected chi connectivity index (χ2v) is 8.19.